The molecule has 0 spiro atoms. The van der Waals surface area contributed by atoms with Gasteiger partial charge in [0, 0.05) is 12.3 Å². The zero-order chi connectivity index (χ0) is 15.5. The van der Waals surface area contributed by atoms with E-state index >= 15 is 0 Å². The Morgan fingerprint density at radius 1 is 1.24 bits per heavy atom. The Morgan fingerprint density at radius 3 is 2.29 bits per heavy atom. The third-order valence-corrected chi connectivity index (χ3v) is 5.11. The van der Waals surface area contributed by atoms with Crippen LogP contribution in [0, 0.1) is 0 Å². The summed E-state index contributed by atoms with van der Waals surface area (Å²) in [5.41, 5.74) is -0.0749. The van der Waals surface area contributed by atoms with Gasteiger partial charge in [-0.15, -0.1) is 0 Å². The Hall–Kier alpha value is -1.07. The molecule has 0 saturated heterocycles. The molecular weight excluding hydrogens is 286 g/mol. The highest BCUT2D eigenvalue weighted by molar-refractivity contribution is 7.90. The molecule has 118 valence electrons. The van der Waals surface area contributed by atoms with Crippen molar-refractivity contribution in [1.29, 1.82) is 0 Å². The molecule has 0 aliphatic heterocycles. The molecule has 5 heteroatoms. The number of hydrogen-bond acceptors (Lipinski definition) is 4. The Balaban J connectivity index is 1.98. The number of ether oxygens (including phenoxy) is 1. The molecule has 1 aromatic rings. The molecule has 0 atom stereocenters. The van der Waals surface area contributed by atoms with Crippen molar-refractivity contribution in [3.05, 3.63) is 24.3 Å². The summed E-state index contributed by atoms with van der Waals surface area (Å²) in [6, 6.07) is 7.22. The number of nitrogens with one attached hydrogen (secondary N) is 1. The molecule has 0 amide bonds. The van der Waals surface area contributed by atoms with Gasteiger partial charge in [0.1, 0.15) is 11.4 Å². The lowest BCUT2D eigenvalue weighted by Crippen LogP contribution is -2.45. The van der Waals surface area contributed by atoms with Crippen molar-refractivity contribution in [1.82, 2.24) is 5.32 Å². The zero-order valence-corrected chi connectivity index (χ0v) is 13.9. The van der Waals surface area contributed by atoms with Gasteiger partial charge in [0.25, 0.3) is 0 Å². The van der Waals surface area contributed by atoms with E-state index in [2.05, 4.69) is 19.2 Å². The highest BCUT2D eigenvalue weighted by atomic mass is 32.2. The molecule has 0 unspecified atom stereocenters. The van der Waals surface area contributed by atoms with Gasteiger partial charge in [-0.25, -0.2) is 8.42 Å². The minimum absolute atomic E-state index is 0.0749. The van der Waals surface area contributed by atoms with E-state index in [0.717, 1.165) is 31.6 Å². The molecule has 0 heterocycles. The second-order valence-electron chi connectivity index (χ2n) is 6.24. The first-order valence-electron chi connectivity index (χ1n) is 7.53. The van der Waals surface area contributed by atoms with Crippen LogP contribution >= 0.6 is 0 Å². The Labute approximate surface area is 127 Å². The van der Waals surface area contributed by atoms with Crippen LogP contribution in [0.1, 0.15) is 39.5 Å². The van der Waals surface area contributed by atoms with Gasteiger partial charge < -0.3 is 10.1 Å². The summed E-state index contributed by atoms with van der Waals surface area (Å²) in [4.78, 5) is 0.332. The quantitative estimate of drug-likeness (QED) is 0.841. The third kappa shape index (κ3) is 4.45. The van der Waals surface area contributed by atoms with Gasteiger partial charge in [-0.2, -0.15) is 0 Å². The highest BCUT2D eigenvalue weighted by Crippen LogP contribution is 2.39. The van der Waals surface area contributed by atoms with Crippen LogP contribution in [0.3, 0.4) is 0 Å². The average Bonchev–Trinajstić information content (AvgIpc) is 2.34. The first-order chi connectivity index (χ1) is 9.81. The van der Waals surface area contributed by atoms with Crippen molar-refractivity contribution in [3.8, 4) is 5.75 Å². The first-order valence-corrected chi connectivity index (χ1v) is 9.42. The average molecular weight is 311 g/mol. The standard InChI is InChI=1S/C16H25NO3S/c1-13(2)17-12-11-16(9-4-10-16)20-14-5-7-15(8-6-14)21(3,18)19/h5-8,13,17H,4,9-12H2,1-3H3. The fourth-order valence-electron chi connectivity index (χ4n) is 2.57. The lowest BCUT2D eigenvalue weighted by atomic mass is 9.77. The minimum Gasteiger partial charge on any atom is -0.487 e. The Kier molecular flexibility index (Phi) is 4.94. The molecule has 1 aliphatic rings. The van der Waals surface area contributed by atoms with Crippen molar-refractivity contribution in [3.63, 3.8) is 0 Å². The van der Waals surface area contributed by atoms with Crippen LogP contribution in [-0.2, 0) is 9.84 Å². The summed E-state index contributed by atoms with van der Waals surface area (Å²) < 4.78 is 29.1. The van der Waals surface area contributed by atoms with Gasteiger partial charge >= 0.3 is 0 Å². The van der Waals surface area contributed by atoms with Gasteiger partial charge in [-0.1, -0.05) is 13.8 Å². The smallest absolute Gasteiger partial charge is 0.175 e. The van der Waals surface area contributed by atoms with E-state index in [9.17, 15) is 8.42 Å². The van der Waals surface area contributed by atoms with Crippen LogP contribution in [0.15, 0.2) is 29.2 Å². The maximum atomic E-state index is 11.5. The minimum atomic E-state index is -3.14. The number of sulfone groups is 1. The van der Waals surface area contributed by atoms with E-state index in [1.54, 1.807) is 24.3 Å². The van der Waals surface area contributed by atoms with Crippen LogP contribution in [0.25, 0.3) is 0 Å². The molecule has 21 heavy (non-hydrogen) atoms. The van der Waals surface area contributed by atoms with Crippen molar-refractivity contribution >= 4 is 9.84 Å². The molecule has 0 bridgehead atoms. The zero-order valence-electron chi connectivity index (χ0n) is 13.1. The molecular formula is C16H25NO3S. The highest BCUT2D eigenvalue weighted by Gasteiger charge is 2.38. The summed E-state index contributed by atoms with van der Waals surface area (Å²) in [7, 11) is -3.14. The van der Waals surface area contributed by atoms with E-state index in [0.29, 0.717) is 10.9 Å². The second-order valence-corrected chi connectivity index (χ2v) is 8.26. The van der Waals surface area contributed by atoms with Crippen molar-refractivity contribution in [2.75, 3.05) is 12.8 Å². The lowest BCUT2D eigenvalue weighted by Gasteiger charge is -2.42. The molecule has 1 aromatic carbocycles. The summed E-state index contributed by atoms with van der Waals surface area (Å²) in [6.45, 7) is 5.22. The first kappa shape index (κ1) is 16.3. The van der Waals surface area contributed by atoms with Crippen LogP contribution in [-0.4, -0.2) is 32.9 Å². The van der Waals surface area contributed by atoms with Crippen molar-refractivity contribution in [2.24, 2.45) is 0 Å². The van der Waals surface area contributed by atoms with Gasteiger partial charge in [0.2, 0.25) is 0 Å². The van der Waals surface area contributed by atoms with Crippen LogP contribution in [0.5, 0.6) is 5.75 Å². The molecule has 2 rings (SSSR count). The van der Waals surface area contributed by atoms with Crippen LogP contribution in [0.2, 0.25) is 0 Å². The van der Waals surface area contributed by atoms with Crippen molar-refractivity contribution < 1.29 is 13.2 Å². The lowest BCUT2D eigenvalue weighted by molar-refractivity contribution is -0.0145. The fourth-order valence-corrected chi connectivity index (χ4v) is 3.20. The molecule has 4 nitrogen and oxygen atoms in total. The SMILES string of the molecule is CC(C)NCCC1(Oc2ccc(S(C)(=O)=O)cc2)CCC1. The molecule has 0 radical (unpaired) electrons. The van der Waals surface area contributed by atoms with Gasteiger partial charge in [-0.3, -0.25) is 0 Å². The normalized spacial score (nSPS) is 17.5. The van der Waals surface area contributed by atoms with Gasteiger partial charge in [0.05, 0.1) is 4.90 Å². The summed E-state index contributed by atoms with van der Waals surface area (Å²) in [5, 5.41) is 3.42. The van der Waals surface area contributed by atoms with Crippen molar-refractivity contribution in [2.45, 2.75) is 56.1 Å². The number of rotatable bonds is 7. The summed E-state index contributed by atoms with van der Waals surface area (Å²) in [5.74, 6) is 0.756. The van der Waals surface area contributed by atoms with Crippen LogP contribution < -0.4 is 10.1 Å². The van der Waals surface area contributed by atoms with E-state index in [-0.39, 0.29) is 5.60 Å². The van der Waals surface area contributed by atoms with Crippen LogP contribution in [0.4, 0.5) is 0 Å². The maximum Gasteiger partial charge on any atom is 0.175 e. The topological polar surface area (TPSA) is 55.4 Å². The fraction of sp³-hybridized carbons (Fsp3) is 0.625. The Morgan fingerprint density at radius 2 is 1.86 bits per heavy atom. The Bertz CT molecular complexity index is 560. The largest absolute Gasteiger partial charge is 0.487 e. The molecule has 1 fully saturated rings. The van der Waals surface area contributed by atoms with E-state index in [4.69, 9.17) is 4.74 Å². The second kappa shape index (κ2) is 6.36. The van der Waals surface area contributed by atoms with E-state index < -0.39 is 9.84 Å². The predicted molar refractivity (Wildman–Crippen MR) is 84.5 cm³/mol. The van der Waals surface area contributed by atoms with E-state index in [1.807, 2.05) is 0 Å². The third-order valence-electron chi connectivity index (χ3n) is 3.98. The summed E-state index contributed by atoms with van der Waals surface area (Å²) >= 11 is 0. The van der Waals surface area contributed by atoms with Gasteiger partial charge in [-0.05, 0) is 56.5 Å². The number of benzene rings is 1. The van der Waals surface area contributed by atoms with Gasteiger partial charge in [0.15, 0.2) is 9.84 Å². The molecule has 1 saturated carbocycles. The van der Waals surface area contributed by atoms with E-state index in [1.165, 1.54) is 12.7 Å². The number of hydrogen-bond donors (Lipinski definition) is 1. The maximum absolute atomic E-state index is 11.5. The monoisotopic (exact) mass is 311 g/mol. The molecule has 1 N–H and O–H groups in total. The molecule has 1 aliphatic carbocycles. The predicted octanol–water partition coefficient (Wildman–Crippen LogP) is 2.78. The molecule has 0 aromatic heterocycles. The summed E-state index contributed by atoms with van der Waals surface area (Å²) in [6.07, 6.45) is 5.54.